The summed E-state index contributed by atoms with van der Waals surface area (Å²) in [6.45, 7) is 4.85. The predicted molar refractivity (Wildman–Crippen MR) is 96.9 cm³/mol. The van der Waals surface area contributed by atoms with E-state index in [1.165, 1.54) is 0 Å². The van der Waals surface area contributed by atoms with Crippen molar-refractivity contribution in [2.75, 3.05) is 56.2 Å². The van der Waals surface area contributed by atoms with Crippen LogP contribution >= 0.6 is 0 Å². The van der Waals surface area contributed by atoms with Gasteiger partial charge in [-0.1, -0.05) is 6.07 Å². The van der Waals surface area contributed by atoms with Crippen molar-refractivity contribution in [2.24, 2.45) is 0 Å². The lowest BCUT2D eigenvalue weighted by Crippen LogP contribution is -2.43. The molecule has 2 saturated heterocycles. The maximum absolute atomic E-state index is 12.1. The molecule has 2 fully saturated rings. The molecule has 1 aromatic rings. The van der Waals surface area contributed by atoms with E-state index in [-0.39, 0.29) is 5.91 Å². The minimum Gasteiger partial charge on any atom is -0.379 e. The molecule has 140 valence electrons. The molecule has 8 nitrogen and oxygen atoms in total. The van der Waals surface area contributed by atoms with Crippen molar-refractivity contribution in [1.82, 2.24) is 10.2 Å². The first kappa shape index (κ1) is 18.3. The molecule has 0 aromatic heterocycles. The van der Waals surface area contributed by atoms with Crippen LogP contribution in [0.4, 0.5) is 11.4 Å². The summed E-state index contributed by atoms with van der Waals surface area (Å²) in [4.78, 5) is 39.7. The monoisotopic (exact) mass is 360 g/mol. The van der Waals surface area contributed by atoms with Crippen LogP contribution in [0.5, 0.6) is 0 Å². The first-order valence-corrected chi connectivity index (χ1v) is 8.93. The lowest BCUT2D eigenvalue weighted by molar-refractivity contribution is -0.136. The average molecular weight is 360 g/mol. The molecule has 2 N–H and O–H groups in total. The number of amides is 3. The highest BCUT2D eigenvalue weighted by Crippen LogP contribution is 2.24. The Kier molecular flexibility index (Phi) is 6.19. The number of nitrogens with zero attached hydrogens (tertiary/aromatic N) is 2. The molecular weight excluding hydrogens is 336 g/mol. The molecule has 8 heteroatoms. The van der Waals surface area contributed by atoms with Crippen LogP contribution in [0, 0.1) is 0 Å². The molecule has 2 aliphatic rings. The van der Waals surface area contributed by atoms with E-state index < -0.39 is 11.8 Å². The number of nitrogens with one attached hydrogen (secondary N) is 2. The summed E-state index contributed by atoms with van der Waals surface area (Å²) >= 11 is 0. The third kappa shape index (κ3) is 4.80. The van der Waals surface area contributed by atoms with Crippen LogP contribution in [0.25, 0.3) is 0 Å². The fourth-order valence-electron chi connectivity index (χ4n) is 3.09. The Morgan fingerprint density at radius 2 is 1.92 bits per heavy atom. The van der Waals surface area contributed by atoms with Crippen molar-refractivity contribution in [3.63, 3.8) is 0 Å². The molecular formula is C18H24N4O4. The zero-order valence-corrected chi connectivity index (χ0v) is 14.7. The number of benzene rings is 1. The third-order valence-electron chi connectivity index (χ3n) is 4.51. The van der Waals surface area contributed by atoms with Crippen LogP contribution in [0.1, 0.15) is 12.8 Å². The number of hydrogen-bond acceptors (Lipinski definition) is 5. The Morgan fingerprint density at radius 1 is 1.12 bits per heavy atom. The molecule has 2 heterocycles. The number of carbonyl (C=O) groups is 3. The second-order valence-corrected chi connectivity index (χ2v) is 6.36. The van der Waals surface area contributed by atoms with E-state index in [1.54, 1.807) is 23.1 Å². The maximum Gasteiger partial charge on any atom is 0.313 e. The fraction of sp³-hybridized carbons (Fsp3) is 0.500. The van der Waals surface area contributed by atoms with Crippen molar-refractivity contribution in [1.29, 1.82) is 0 Å². The number of rotatable bonds is 5. The summed E-state index contributed by atoms with van der Waals surface area (Å²) in [5.74, 6) is -1.30. The Labute approximate surface area is 152 Å². The SMILES string of the molecule is O=C(NCCN1CCOCC1)C(=O)Nc1cccc(N2CCCC2=O)c1. The molecule has 2 aliphatic heterocycles. The number of ether oxygens (including phenoxy) is 1. The highest BCUT2D eigenvalue weighted by Gasteiger charge is 2.22. The van der Waals surface area contributed by atoms with Gasteiger partial charge in [-0.3, -0.25) is 19.3 Å². The molecule has 0 radical (unpaired) electrons. The number of morpholine rings is 1. The topological polar surface area (TPSA) is 91.0 Å². The van der Waals surface area contributed by atoms with E-state index in [1.807, 2.05) is 6.07 Å². The number of carbonyl (C=O) groups excluding carboxylic acids is 3. The van der Waals surface area contributed by atoms with E-state index in [2.05, 4.69) is 15.5 Å². The summed E-state index contributed by atoms with van der Waals surface area (Å²) in [6, 6.07) is 6.99. The van der Waals surface area contributed by atoms with Gasteiger partial charge in [-0.15, -0.1) is 0 Å². The van der Waals surface area contributed by atoms with Gasteiger partial charge in [0.25, 0.3) is 0 Å². The largest absolute Gasteiger partial charge is 0.379 e. The maximum atomic E-state index is 12.1. The highest BCUT2D eigenvalue weighted by molar-refractivity contribution is 6.39. The molecule has 3 rings (SSSR count). The summed E-state index contributed by atoms with van der Waals surface area (Å²) in [7, 11) is 0. The van der Waals surface area contributed by atoms with Crippen molar-refractivity contribution in [3.8, 4) is 0 Å². The smallest absolute Gasteiger partial charge is 0.313 e. The Bertz CT molecular complexity index is 673. The highest BCUT2D eigenvalue weighted by atomic mass is 16.5. The first-order valence-electron chi connectivity index (χ1n) is 8.93. The van der Waals surface area contributed by atoms with Crippen LogP contribution in [0.15, 0.2) is 24.3 Å². The van der Waals surface area contributed by atoms with Gasteiger partial charge in [0.1, 0.15) is 0 Å². The third-order valence-corrected chi connectivity index (χ3v) is 4.51. The summed E-state index contributed by atoms with van der Waals surface area (Å²) < 4.78 is 5.27. The van der Waals surface area contributed by atoms with Gasteiger partial charge in [-0.2, -0.15) is 0 Å². The predicted octanol–water partition coefficient (Wildman–Crippen LogP) is 0.200. The van der Waals surface area contributed by atoms with Crippen LogP contribution in [-0.2, 0) is 19.1 Å². The molecule has 0 aliphatic carbocycles. The lowest BCUT2D eigenvalue weighted by Gasteiger charge is -2.26. The van der Waals surface area contributed by atoms with E-state index in [0.29, 0.717) is 45.0 Å². The van der Waals surface area contributed by atoms with Gasteiger partial charge in [0.15, 0.2) is 0 Å². The normalized spacial score (nSPS) is 18.0. The summed E-state index contributed by atoms with van der Waals surface area (Å²) in [5.41, 5.74) is 1.23. The van der Waals surface area contributed by atoms with E-state index >= 15 is 0 Å². The van der Waals surface area contributed by atoms with Crippen molar-refractivity contribution >= 4 is 29.1 Å². The minimum absolute atomic E-state index is 0.0781. The van der Waals surface area contributed by atoms with Crippen LogP contribution in [-0.4, -0.2) is 68.6 Å². The summed E-state index contributed by atoms with van der Waals surface area (Å²) in [6.07, 6.45) is 1.38. The van der Waals surface area contributed by atoms with E-state index in [4.69, 9.17) is 4.74 Å². The second-order valence-electron chi connectivity index (χ2n) is 6.36. The molecule has 3 amide bonds. The lowest BCUT2D eigenvalue weighted by atomic mass is 10.2. The average Bonchev–Trinajstić information content (AvgIpc) is 3.08. The second kappa shape index (κ2) is 8.77. The zero-order chi connectivity index (χ0) is 18.4. The summed E-state index contributed by atoms with van der Waals surface area (Å²) in [5, 5.41) is 5.22. The van der Waals surface area contributed by atoms with Crippen molar-refractivity contribution in [3.05, 3.63) is 24.3 Å². The van der Waals surface area contributed by atoms with Crippen LogP contribution in [0.3, 0.4) is 0 Å². The van der Waals surface area contributed by atoms with Crippen molar-refractivity contribution < 1.29 is 19.1 Å². The van der Waals surface area contributed by atoms with Gasteiger partial charge in [-0.25, -0.2) is 0 Å². The molecule has 26 heavy (non-hydrogen) atoms. The molecule has 0 bridgehead atoms. The molecule has 0 saturated carbocycles. The van der Waals surface area contributed by atoms with Gasteiger partial charge >= 0.3 is 11.8 Å². The quantitative estimate of drug-likeness (QED) is 0.732. The molecule has 0 spiro atoms. The zero-order valence-electron chi connectivity index (χ0n) is 14.7. The van der Waals surface area contributed by atoms with E-state index in [0.717, 1.165) is 25.2 Å². The molecule has 0 atom stereocenters. The van der Waals surface area contributed by atoms with Gasteiger partial charge < -0.3 is 20.3 Å². The van der Waals surface area contributed by atoms with Crippen LogP contribution in [0.2, 0.25) is 0 Å². The van der Waals surface area contributed by atoms with Crippen LogP contribution < -0.4 is 15.5 Å². The van der Waals surface area contributed by atoms with Gasteiger partial charge in [-0.05, 0) is 24.6 Å². The Balaban J connectivity index is 1.47. The Morgan fingerprint density at radius 3 is 2.65 bits per heavy atom. The number of anilines is 2. The first-order chi connectivity index (χ1) is 12.6. The fourth-order valence-corrected chi connectivity index (χ4v) is 3.09. The molecule has 0 unspecified atom stereocenters. The van der Waals surface area contributed by atoms with Gasteiger partial charge in [0.05, 0.1) is 13.2 Å². The standard InChI is InChI=1S/C18H24N4O4/c23-16-5-2-7-22(16)15-4-1-3-14(13-15)20-18(25)17(24)19-6-8-21-9-11-26-12-10-21/h1,3-4,13H,2,5-12H2,(H,19,24)(H,20,25). The Hall–Kier alpha value is -2.45. The van der Waals surface area contributed by atoms with Crippen molar-refractivity contribution in [2.45, 2.75) is 12.8 Å². The van der Waals surface area contributed by atoms with Gasteiger partial charge in [0, 0.05) is 50.5 Å². The van der Waals surface area contributed by atoms with E-state index in [9.17, 15) is 14.4 Å². The molecule has 1 aromatic carbocycles. The van der Waals surface area contributed by atoms with Gasteiger partial charge in [0.2, 0.25) is 5.91 Å². The number of hydrogen-bond donors (Lipinski definition) is 2. The minimum atomic E-state index is -0.711.